The van der Waals surface area contributed by atoms with Gasteiger partial charge in [-0.3, -0.25) is 15.3 Å². The normalized spacial score (nSPS) is 28.8. The second kappa shape index (κ2) is 9.79. The lowest BCUT2D eigenvalue weighted by Crippen LogP contribution is -2.46. The second-order valence-electron chi connectivity index (χ2n) is 9.58. The van der Waals surface area contributed by atoms with E-state index >= 15 is 0 Å². The highest BCUT2D eigenvalue weighted by Gasteiger charge is 2.42. The maximum atomic E-state index is 6.15. The lowest BCUT2D eigenvalue weighted by molar-refractivity contribution is -0.0276. The number of nitrogens with one attached hydrogen (secondary N) is 2. The predicted octanol–water partition coefficient (Wildman–Crippen LogP) is 2.30. The summed E-state index contributed by atoms with van der Waals surface area (Å²) in [4.78, 5) is 18.3. The number of rotatable bonds is 6. The highest BCUT2D eigenvalue weighted by Crippen LogP contribution is 2.39. The Kier molecular flexibility index (Phi) is 6.64. The van der Waals surface area contributed by atoms with Crippen LogP contribution in [0.2, 0.25) is 0 Å². The van der Waals surface area contributed by atoms with Crippen LogP contribution in [0.15, 0.2) is 36.9 Å². The van der Waals surface area contributed by atoms with Crippen LogP contribution in [0.5, 0.6) is 0 Å². The number of hydrogen-bond donors (Lipinski definition) is 2. The molecule has 0 radical (unpaired) electrons. The molecule has 4 unspecified atom stereocenters. The molecule has 4 heterocycles. The zero-order valence-electron chi connectivity index (χ0n) is 19.2. The van der Waals surface area contributed by atoms with Gasteiger partial charge in [-0.1, -0.05) is 0 Å². The third-order valence-corrected chi connectivity index (χ3v) is 7.01. The topological polar surface area (TPSA) is 78.4 Å². The van der Waals surface area contributed by atoms with E-state index in [4.69, 9.17) is 4.74 Å². The molecular weight excluding hydrogens is 402 g/mol. The van der Waals surface area contributed by atoms with Crippen molar-refractivity contribution in [2.45, 2.75) is 63.9 Å². The van der Waals surface area contributed by atoms with Gasteiger partial charge in [-0.25, -0.2) is 15.4 Å². The molecule has 0 spiro atoms. The van der Waals surface area contributed by atoms with E-state index in [1.165, 1.54) is 5.56 Å². The largest absolute Gasteiger partial charge is 0.376 e. The van der Waals surface area contributed by atoms with Gasteiger partial charge in [0, 0.05) is 63.1 Å². The lowest BCUT2D eigenvalue weighted by Gasteiger charge is -2.36. The highest BCUT2D eigenvalue weighted by molar-refractivity contribution is 5.40. The Labute approximate surface area is 190 Å². The number of hydrogen-bond acceptors (Lipinski definition) is 8. The van der Waals surface area contributed by atoms with Crippen molar-refractivity contribution in [1.82, 2.24) is 30.7 Å². The van der Waals surface area contributed by atoms with Gasteiger partial charge in [0.15, 0.2) is 0 Å². The number of aromatic nitrogens is 3. The van der Waals surface area contributed by atoms with Gasteiger partial charge in [-0.05, 0) is 50.8 Å². The zero-order chi connectivity index (χ0) is 21.9. The molecule has 0 bridgehead atoms. The second-order valence-corrected chi connectivity index (χ2v) is 9.58. The van der Waals surface area contributed by atoms with Gasteiger partial charge in [-0.15, -0.1) is 0 Å². The van der Waals surface area contributed by atoms with E-state index in [0.29, 0.717) is 18.1 Å². The van der Waals surface area contributed by atoms with Crippen LogP contribution in [0, 0.1) is 5.92 Å². The molecule has 2 N–H and O–H groups in total. The minimum absolute atomic E-state index is 0.202. The summed E-state index contributed by atoms with van der Waals surface area (Å²) in [7, 11) is 0. The van der Waals surface area contributed by atoms with Gasteiger partial charge in [0.05, 0.1) is 23.9 Å². The van der Waals surface area contributed by atoms with Crippen LogP contribution in [-0.2, 0) is 11.3 Å². The standard InChI is InChI=1S/C24H35N7O/c1-17(2)32-19-3-4-21-20(13-19)24(29-28-21)22-14-23(27-16-26-22)31-11-9-30(10-12-31)15-18-5-7-25-8-6-18/h5-8,14,16-17,19-21,24,28-29H,3-4,9-13,15H2,1-2H3. The zero-order valence-corrected chi connectivity index (χ0v) is 19.2. The molecule has 2 saturated heterocycles. The molecule has 8 nitrogen and oxygen atoms in total. The molecule has 172 valence electrons. The van der Waals surface area contributed by atoms with Crippen LogP contribution >= 0.6 is 0 Å². The Balaban J connectivity index is 1.21. The summed E-state index contributed by atoms with van der Waals surface area (Å²) < 4.78 is 6.15. The average molecular weight is 438 g/mol. The summed E-state index contributed by atoms with van der Waals surface area (Å²) >= 11 is 0. The monoisotopic (exact) mass is 437 g/mol. The summed E-state index contributed by atoms with van der Waals surface area (Å²) in [5.74, 6) is 1.53. The van der Waals surface area contributed by atoms with E-state index in [-0.39, 0.29) is 12.1 Å². The minimum atomic E-state index is 0.202. The first-order chi connectivity index (χ1) is 15.7. The number of hydrazine groups is 1. The van der Waals surface area contributed by atoms with Crippen LogP contribution in [-0.4, -0.2) is 64.3 Å². The lowest BCUT2D eigenvalue weighted by atomic mass is 9.79. The highest BCUT2D eigenvalue weighted by atomic mass is 16.5. The molecule has 8 heteroatoms. The van der Waals surface area contributed by atoms with E-state index in [2.05, 4.69) is 67.6 Å². The summed E-state index contributed by atoms with van der Waals surface area (Å²) in [5.41, 5.74) is 9.45. The van der Waals surface area contributed by atoms with E-state index < -0.39 is 0 Å². The quantitative estimate of drug-likeness (QED) is 0.713. The first-order valence-electron chi connectivity index (χ1n) is 12.0. The van der Waals surface area contributed by atoms with Gasteiger partial charge < -0.3 is 9.64 Å². The van der Waals surface area contributed by atoms with Gasteiger partial charge in [-0.2, -0.15) is 0 Å². The molecule has 3 fully saturated rings. The number of fused-ring (bicyclic) bond motifs is 1. The van der Waals surface area contributed by atoms with Gasteiger partial charge in [0.1, 0.15) is 12.1 Å². The summed E-state index contributed by atoms with van der Waals surface area (Å²) in [5, 5.41) is 0. The molecule has 4 atom stereocenters. The van der Waals surface area contributed by atoms with Crippen LogP contribution < -0.4 is 15.8 Å². The fraction of sp³-hybridized carbons (Fsp3) is 0.625. The molecule has 1 saturated carbocycles. The maximum Gasteiger partial charge on any atom is 0.132 e. The smallest absolute Gasteiger partial charge is 0.132 e. The van der Waals surface area contributed by atoms with Crippen LogP contribution in [0.1, 0.15) is 50.4 Å². The number of ether oxygens (including phenoxy) is 1. The van der Waals surface area contributed by atoms with Crippen molar-refractivity contribution in [2.24, 2.45) is 5.92 Å². The van der Waals surface area contributed by atoms with Crippen LogP contribution in [0.25, 0.3) is 0 Å². The average Bonchev–Trinajstić information content (AvgIpc) is 3.23. The molecule has 32 heavy (non-hydrogen) atoms. The van der Waals surface area contributed by atoms with Gasteiger partial charge in [0.25, 0.3) is 0 Å². The Morgan fingerprint density at radius 1 is 1.06 bits per heavy atom. The van der Waals surface area contributed by atoms with E-state index in [1.807, 2.05) is 12.4 Å². The van der Waals surface area contributed by atoms with Crippen molar-refractivity contribution in [2.75, 3.05) is 31.1 Å². The van der Waals surface area contributed by atoms with Crippen molar-refractivity contribution in [3.8, 4) is 0 Å². The van der Waals surface area contributed by atoms with Crippen LogP contribution in [0.3, 0.4) is 0 Å². The molecule has 3 aliphatic rings. The van der Waals surface area contributed by atoms with E-state index in [9.17, 15) is 0 Å². The molecule has 2 aliphatic heterocycles. The molecule has 2 aromatic heterocycles. The fourth-order valence-electron chi connectivity index (χ4n) is 5.40. The third kappa shape index (κ3) is 4.93. The van der Waals surface area contributed by atoms with E-state index in [1.54, 1.807) is 6.33 Å². The molecule has 2 aromatic rings. The van der Waals surface area contributed by atoms with E-state index in [0.717, 1.165) is 63.5 Å². The van der Waals surface area contributed by atoms with Crippen molar-refractivity contribution in [1.29, 1.82) is 0 Å². The van der Waals surface area contributed by atoms with Crippen molar-refractivity contribution < 1.29 is 4.74 Å². The molecule has 0 aromatic carbocycles. The summed E-state index contributed by atoms with van der Waals surface area (Å²) in [6, 6.07) is 7.07. The first-order valence-corrected chi connectivity index (χ1v) is 12.0. The fourth-order valence-corrected chi connectivity index (χ4v) is 5.40. The predicted molar refractivity (Wildman–Crippen MR) is 124 cm³/mol. The molecule has 1 aliphatic carbocycles. The van der Waals surface area contributed by atoms with Crippen LogP contribution in [0.4, 0.5) is 5.82 Å². The maximum absolute atomic E-state index is 6.15. The van der Waals surface area contributed by atoms with Gasteiger partial charge in [0.2, 0.25) is 0 Å². The van der Waals surface area contributed by atoms with Crippen molar-refractivity contribution in [3.05, 3.63) is 48.2 Å². The Morgan fingerprint density at radius 3 is 2.66 bits per heavy atom. The van der Waals surface area contributed by atoms with Gasteiger partial charge >= 0.3 is 0 Å². The molecular formula is C24H35N7O. The molecule has 5 rings (SSSR count). The summed E-state index contributed by atoms with van der Waals surface area (Å²) in [6.07, 6.45) is 9.43. The Bertz CT molecular complexity index is 872. The number of nitrogens with zero attached hydrogens (tertiary/aromatic N) is 5. The Morgan fingerprint density at radius 2 is 1.88 bits per heavy atom. The number of anilines is 1. The number of pyridine rings is 1. The summed E-state index contributed by atoms with van der Waals surface area (Å²) in [6.45, 7) is 9.26. The molecule has 0 amide bonds. The SMILES string of the molecule is CC(C)OC1CCC2NNC(c3cc(N4CCN(Cc5ccncc5)CC4)ncn3)C2C1. The van der Waals surface area contributed by atoms with Crippen molar-refractivity contribution >= 4 is 5.82 Å². The third-order valence-electron chi connectivity index (χ3n) is 7.01. The Hall–Kier alpha value is -2.13. The first kappa shape index (κ1) is 21.7. The van der Waals surface area contributed by atoms with Crippen molar-refractivity contribution in [3.63, 3.8) is 0 Å². The number of piperazine rings is 1. The minimum Gasteiger partial charge on any atom is -0.376 e.